The standard InChI is InChI=1S/C39H37BF2N2/c1-25-12-14-33(15-13-25)35-22-36(34-18-16-32(17-19-34)31-10-8-7-9-11-31)24-37(23-35)38(39-27(3)21-28(4)43-39)30(6)26(2)20-29(5)44-40(41)42/h7-24,39H,1-6H3/b26-20-,38-30+,44-29+. The molecule has 0 saturated carbocycles. The zero-order valence-corrected chi connectivity index (χ0v) is 26.2. The Kier molecular flexibility index (Phi) is 9.34. The van der Waals surface area contributed by atoms with E-state index < -0.39 is 7.40 Å². The van der Waals surface area contributed by atoms with Crippen molar-refractivity contribution >= 4 is 24.4 Å². The second kappa shape index (κ2) is 13.3. The third-order valence-electron chi connectivity index (χ3n) is 8.15. The van der Waals surface area contributed by atoms with E-state index in [-0.39, 0.29) is 6.04 Å². The highest BCUT2D eigenvalue weighted by Crippen LogP contribution is 2.39. The van der Waals surface area contributed by atoms with Gasteiger partial charge in [-0.2, -0.15) is 0 Å². The van der Waals surface area contributed by atoms with Gasteiger partial charge in [-0.05, 0) is 133 Å². The molecule has 5 heteroatoms. The minimum Gasteiger partial charge on any atom is -0.277 e. The van der Waals surface area contributed by atoms with E-state index >= 15 is 0 Å². The molecule has 1 aliphatic heterocycles. The summed E-state index contributed by atoms with van der Waals surface area (Å²) in [6, 6.07) is 34.2. The molecule has 0 radical (unpaired) electrons. The Bertz CT molecular complexity index is 1810. The molecular formula is C39H37BF2N2. The van der Waals surface area contributed by atoms with Crippen molar-refractivity contribution in [2.45, 2.75) is 47.6 Å². The van der Waals surface area contributed by atoms with Gasteiger partial charge in [-0.1, -0.05) is 84.4 Å². The van der Waals surface area contributed by atoms with Gasteiger partial charge in [0.05, 0.1) is 6.04 Å². The summed E-state index contributed by atoms with van der Waals surface area (Å²) in [5.41, 5.74) is 14.4. The summed E-state index contributed by atoms with van der Waals surface area (Å²) in [7, 11) is -2.74. The molecular weight excluding hydrogens is 545 g/mol. The Hall–Kier alpha value is -4.64. The third-order valence-corrected chi connectivity index (χ3v) is 8.15. The van der Waals surface area contributed by atoms with E-state index in [0.717, 1.165) is 55.8 Å². The monoisotopic (exact) mass is 582 g/mol. The summed E-state index contributed by atoms with van der Waals surface area (Å²) in [6.07, 6.45) is 3.85. The normalized spacial score (nSPS) is 16.0. The van der Waals surface area contributed by atoms with Crippen LogP contribution in [0.3, 0.4) is 0 Å². The molecule has 1 aliphatic rings. The van der Waals surface area contributed by atoms with Crippen molar-refractivity contribution in [3.8, 4) is 33.4 Å². The van der Waals surface area contributed by atoms with Crippen LogP contribution in [0, 0.1) is 6.92 Å². The van der Waals surface area contributed by atoms with Crippen LogP contribution in [-0.2, 0) is 0 Å². The Morgan fingerprint density at radius 1 is 0.705 bits per heavy atom. The molecule has 0 N–H and O–H groups in total. The maximum atomic E-state index is 13.0. The van der Waals surface area contributed by atoms with E-state index in [1.165, 1.54) is 16.7 Å². The molecule has 0 amide bonds. The summed E-state index contributed by atoms with van der Waals surface area (Å²) < 4.78 is 26.0. The highest BCUT2D eigenvalue weighted by Gasteiger charge is 2.25. The van der Waals surface area contributed by atoms with Crippen LogP contribution in [0.5, 0.6) is 0 Å². The van der Waals surface area contributed by atoms with Crippen LogP contribution < -0.4 is 0 Å². The molecule has 2 nitrogen and oxygen atoms in total. The van der Waals surface area contributed by atoms with Gasteiger partial charge < -0.3 is 0 Å². The second-order valence-corrected chi connectivity index (χ2v) is 11.6. The highest BCUT2D eigenvalue weighted by atomic mass is 19.2. The molecule has 0 bridgehead atoms. The topological polar surface area (TPSA) is 24.7 Å². The minimum absolute atomic E-state index is 0.174. The first-order valence-electron chi connectivity index (χ1n) is 14.9. The number of rotatable bonds is 8. The van der Waals surface area contributed by atoms with Crippen molar-refractivity contribution in [1.29, 1.82) is 0 Å². The van der Waals surface area contributed by atoms with E-state index in [1.807, 2.05) is 19.9 Å². The van der Waals surface area contributed by atoms with E-state index in [4.69, 9.17) is 4.99 Å². The van der Waals surface area contributed by atoms with Gasteiger partial charge in [-0.25, -0.2) is 0 Å². The molecule has 1 heterocycles. The number of nitrogens with zero attached hydrogens (tertiary/aromatic N) is 2. The Balaban J connectivity index is 1.71. The molecule has 220 valence electrons. The number of benzene rings is 4. The Morgan fingerprint density at radius 3 is 1.75 bits per heavy atom. The van der Waals surface area contributed by atoms with Gasteiger partial charge in [0.1, 0.15) is 0 Å². The molecule has 1 atom stereocenters. The van der Waals surface area contributed by atoms with Crippen molar-refractivity contribution in [3.63, 3.8) is 0 Å². The van der Waals surface area contributed by atoms with Crippen LogP contribution in [0.15, 0.2) is 136 Å². The number of aliphatic imine (C=N–C) groups is 1. The maximum Gasteiger partial charge on any atom is 0.692 e. The maximum absolute atomic E-state index is 13.0. The first-order chi connectivity index (χ1) is 21.1. The van der Waals surface area contributed by atoms with Crippen molar-refractivity contribution in [1.82, 2.24) is 0 Å². The largest absolute Gasteiger partial charge is 0.692 e. The van der Waals surface area contributed by atoms with Gasteiger partial charge in [0.25, 0.3) is 0 Å². The molecule has 44 heavy (non-hydrogen) atoms. The van der Waals surface area contributed by atoms with Crippen LogP contribution in [0.25, 0.3) is 39.0 Å². The number of halogens is 2. The molecule has 0 fully saturated rings. The number of allylic oxidation sites excluding steroid dienone is 4. The lowest BCUT2D eigenvalue weighted by Gasteiger charge is -2.22. The van der Waals surface area contributed by atoms with E-state index in [9.17, 15) is 8.63 Å². The highest BCUT2D eigenvalue weighted by molar-refractivity contribution is 6.43. The number of hydrogen-bond donors (Lipinski definition) is 0. The predicted molar refractivity (Wildman–Crippen MR) is 186 cm³/mol. The first kappa shape index (κ1) is 30.8. The Morgan fingerprint density at radius 2 is 1.23 bits per heavy atom. The van der Waals surface area contributed by atoms with Crippen LogP contribution in [-0.4, -0.2) is 24.9 Å². The number of hydrogen-bond acceptors (Lipinski definition) is 2. The molecule has 5 rings (SSSR count). The quantitative estimate of drug-likeness (QED) is 0.112. The predicted octanol–water partition coefficient (Wildman–Crippen LogP) is 10.9. The fourth-order valence-electron chi connectivity index (χ4n) is 5.80. The van der Waals surface area contributed by atoms with Gasteiger partial charge >= 0.3 is 7.40 Å². The fourth-order valence-corrected chi connectivity index (χ4v) is 5.80. The fraction of sp³-hybridized carbons (Fsp3) is 0.179. The average Bonchev–Trinajstić information content (AvgIpc) is 3.34. The van der Waals surface area contributed by atoms with Crippen molar-refractivity contribution in [2.75, 3.05) is 0 Å². The number of aryl methyl sites for hydroxylation is 1. The lowest BCUT2D eigenvalue weighted by molar-refractivity contribution is 0.662. The zero-order valence-electron chi connectivity index (χ0n) is 26.2. The zero-order chi connectivity index (χ0) is 31.4. The molecule has 1 unspecified atom stereocenters. The van der Waals surface area contributed by atoms with Gasteiger partial charge in [-0.3, -0.25) is 18.5 Å². The molecule has 4 aromatic carbocycles. The smallest absolute Gasteiger partial charge is 0.277 e. The van der Waals surface area contributed by atoms with Gasteiger partial charge in [0.15, 0.2) is 0 Å². The molecule has 0 spiro atoms. The third kappa shape index (κ3) is 7.11. The average molecular weight is 583 g/mol. The summed E-state index contributed by atoms with van der Waals surface area (Å²) in [6.45, 7) is 11.8. The first-order valence-corrected chi connectivity index (χ1v) is 14.9. The second-order valence-electron chi connectivity index (χ2n) is 11.6. The van der Waals surface area contributed by atoms with Crippen LogP contribution in [0.1, 0.15) is 45.7 Å². The summed E-state index contributed by atoms with van der Waals surface area (Å²) >= 11 is 0. The van der Waals surface area contributed by atoms with Gasteiger partial charge in [-0.15, -0.1) is 0 Å². The molecule has 0 aromatic heterocycles. The van der Waals surface area contributed by atoms with E-state index in [2.05, 4.69) is 123 Å². The van der Waals surface area contributed by atoms with Crippen LogP contribution in [0.2, 0.25) is 0 Å². The van der Waals surface area contributed by atoms with E-state index in [1.54, 1.807) is 13.0 Å². The van der Waals surface area contributed by atoms with Gasteiger partial charge in [0, 0.05) is 11.4 Å². The molecule has 4 aromatic rings. The minimum atomic E-state index is -2.74. The van der Waals surface area contributed by atoms with Crippen LogP contribution in [0.4, 0.5) is 8.63 Å². The van der Waals surface area contributed by atoms with Crippen molar-refractivity contribution in [2.24, 2.45) is 9.90 Å². The van der Waals surface area contributed by atoms with Crippen LogP contribution >= 0.6 is 0 Å². The van der Waals surface area contributed by atoms with Crippen molar-refractivity contribution < 1.29 is 8.63 Å². The molecule has 0 saturated heterocycles. The van der Waals surface area contributed by atoms with E-state index in [0.29, 0.717) is 5.71 Å². The lowest BCUT2D eigenvalue weighted by atomic mass is 9.85. The summed E-state index contributed by atoms with van der Waals surface area (Å²) in [5.74, 6) is 0. The van der Waals surface area contributed by atoms with Gasteiger partial charge in [0.2, 0.25) is 0 Å². The van der Waals surface area contributed by atoms with Crippen molar-refractivity contribution in [3.05, 3.63) is 137 Å². The Labute approximate surface area is 260 Å². The lowest BCUT2D eigenvalue weighted by Crippen LogP contribution is -2.10. The summed E-state index contributed by atoms with van der Waals surface area (Å²) in [4.78, 5) is 8.47. The SMILES string of the molecule is CC1=CC(C)=NC1/C(=C(C)/C(C)=C\C(C)=N\B(F)F)c1cc(-c2ccc(C)cc2)cc(-c2ccc(-c3ccccc3)cc2)c1. The summed E-state index contributed by atoms with van der Waals surface area (Å²) in [5, 5.41) is 0. The molecule has 0 aliphatic carbocycles.